The Morgan fingerprint density at radius 1 is 1.19 bits per heavy atom. The smallest absolute Gasteiger partial charge is 0.252 e. The van der Waals surface area contributed by atoms with Crippen LogP contribution in [0.4, 0.5) is 4.39 Å². The molecule has 1 N–H and O–H groups in total. The summed E-state index contributed by atoms with van der Waals surface area (Å²) in [5, 5.41) is 2.96. The summed E-state index contributed by atoms with van der Waals surface area (Å²) in [5.74, 6) is 0.531. The predicted molar refractivity (Wildman–Crippen MR) is 85.1 cm³/mol. The van der Waals surface area contributed by atoms with Crippen LogP contribution in [0.3, 0.4) is 0 Å². The van der Waals surface area contributed by atoms with Gasteiger partial charge in [0.15, 0.2) is 0 Å². The van der Waals surface area contributed by atoms with Gasteiger partial charge in [0, 0.05) is 4.90 Å². The Labute approximate surface area is 128 Å². The molecule has 0 aromatic heterocycles. The van der Waals surface area contributed by atoms with E-state index in [1.54, 1.807) is 23.9 Å². The number of benzene rings is 2. The first-order valence-corrected chi connectivity index (χ1v) is 7.88. The van der Waals surface area contributed by atoms with Crippen LogP contribution in [0, 0.1) is 5.82 Å². The lowest BCUT2D eigenvalue weighted by molar-refractivity contribution is 0.0937. The molecule has 0 unspecified atom stereocenters. The van der Waals surface area contributed by atoms with Crippen LogP contribution in [0.25, 0.3) is 0 Å². The average molecular weight is 303 g/mol. The molecular weight excluding hydrogens is 285 g/mol. The number of nitrogens with one attached hydrogen (secondary N) is 1. The van der Waals surface area contributed by atoms with E-state index in [0.717, 1.165) is 16.2 Å². The SMILES string of the molecule is CCSc1ccccc1C(=O)N[C@H](C)c1ccc(F)cc1. The third-order valence-corrected chi connectivity index (χ3v) is 4.10. The molecule has 0 fully saturated rings. The fraction of sp³-hybridized carbons (Fsp3) is 0.235. The normalized spacial score (nSPS) is 12.0. The Morgan fingerprint density at radius 2 is 1.86 bits per heavy atom. The summed E-state index contributed by atoms with van der Waals surface area (Å²) in [7, 11) is 0. The zero-order chi connectivity index (χ0) is 15.2. The van der Waals surface area contributed by atoms with Crippen LogP contribution in [0.1, 0.15) is 35.8 Å². The second-order valence-electron chi connectivity index (χ2n) is 4.68. The number of hydrogen-bond donors (Lipinski definition) is 1. The zero-order valence-corrected chi connectivity index (χ0v) is 12.9. The van der Waals surface area contributed by atoms with Crippen molar-refractivity contribution in [1.29, 1.82) is 0 Å². The Bertz CT molecular complexity index is 612. The Kier molecular flexibility index (Phi) is 5.39. The number of hydrogen-bond acceptors (Lipinski definition) is 2. The summed E-state index contributed by atoms with van der Waals surface area (Å²) in [6, 6.07) is 13.6. The molecule has 0 aliphatic rings. The molecule has 0 aliphatic carbocycles. The van der Waals surface area contributed by atoms with Crippen LogP contribution in [0.15, 0.2) is 53.4 Å². The third kappa shape index (κ3) is 4.08. The topological polar surface area (TPSA) is 29.1 Å². The van der Waals surface area contributed by atoms with Crippen LogP contribution < -0.4 is 5.32 Å². The molecule has 2 nitrogen and oxygen atoms in total. The zero-order valence-electron chi connectivity index (χ0n) is 12.1. The summed E-state index contributed by atoms with van der Waals surface area (Å²) in [6.45, 7) is 3.95. The van der Waals surface area contributed by atoms with E-state index in [-0.39, 0.29) is 17.8 Å². The van der Waals surface area contributed by atoms with Gasteiger partial charge in [-0.3, -0.25) is 4.79 Å². The molecule has 2 rings (SSSR count). The van der Waals surface area contributed by atoms with Crippen molar-refractivity contribution in [3.63, 3.8) is 0 Å². The van der Waals surface area contributed by atoms with Gasteiger partial charge in [-0.2, -0.15) is 0 Å². The van der Waals surface area contributed by atoms with E-state index < -0.39 is 0 Å². The highest BCUT2D eigenvalue weighted by atomic mass is 32.2. The molecule has 110 valence electrons. The maximum absolute atomic E-state index is 12.9. The molecule has 0 aliphatic heterocycles. The minimum atomic E-state index is -0.276. The van der Waals surface area contributed by atoms with Crippen molar-refractivity contribution in [2.45, 2.75) is 24.8 Å². The van der Waals surface area contributed by atoms with Crippen molar-refractivity contribution in [1.82, 2.24) is 5.32 Å². The van der Waals surface area contributed by atoms with Crippen molar-refractivity contribution in [3.05, 3.63) is 65.5 Å². The van der Waals surface area contributed by atoms with Crippen LogP contribution in [-0.4, -0.2) is 11.7 Å². The van der Waals surface area contributed by atoms with Crippen molar-refractivity contribution in [2.75, 3.05) is 5.75 Å². The van der Waals surface area contributed by atoms with Crippen LogP contribution in [-0.2, 0) is 0 Å². The van der Waals surface area contributed by atoms with Crippen molar-refractivity contribution in [3.8, 4) is 0 Å². The average Bonchev–Trinajstić information content (AvgIpc) is 2.48. The number of halogens is 1. The molecule has 0 spiro atoms. The van der Waals surface area contributed by atoms with E-state index >= 15 is 0 Å². The van der Waals surface area contributed by atoms with E-state index in [1.165, 1.54) is 12.1 Å². The van der Waals surface area contributed by atoms with Gasteiger partial charge < -0.3 is 5.32 Å². The fourth-order valence-corrected chi connectivity index (χ4v) is 2.85. The van der Waals surface area contributed by atoms with Crippen LogP contribution in [0.2, 0.25) is 0 Å². The van der Waals surface area contributed by atoms with Crippen molar-refractivity contribution >= 4 is 17.7 Å². The molecule has 2 aromatic carbocycles. The maximum Gasteiger partial charge on any atom is 0.252 e. The second kappa shape index (κ2) is 7.27. The maximum atomic E-state index is 12.9. The van der Waals surface area contributed by atoms with Crippen LogP contribution in [0.5, 0.6) is 0 Å². The van der Waals surface area contributed by atoms with E-state index in [1.807, 2.05) is 31.2 Å². The highest BCUT2D eigenvalue weighted by Crippen LogP contribution is 2.23. The molecule has 0 radical (unpaired) electrons. The number of carbonyl (C=O) groups is 1. The monoisotopic (exact) mass is 303 g/mol. The van der Waals surface area contributed by atoms with Gasteiger partial charge in [0.25, 0.3) is 5.91 Å². The number of carbonyl (C=O) groups excluding carboxylic acids is 1. The molecule has 0 bridgehead atoms. The highest BCUT2D eigenvalue weighted by molar-refractivity contribution is 7.99. The van der Waals surface area contributed by atoms with Crippen molar-refractivity contribution < 1.29 is 9.18 Å². The first-order valence-electron chi connectivity index (χ1n) is 6.90. The van der Waals surface area contributed by atoms with Gasteiger partial charge in [-0.15, -0.1) is 11.8 Å². The molecule has 2 aromatic rings. The Balaban J connectivity index is 2.12. The molecule has 0 saturated carbocycles. The van der Waals surface area contributed by atoms with Gasteiger partial charge in [-0.25, -0.2) is 4.39 Å². The van der Waals surface area contributed by atoms with Gasteiger partial charge in [0.1, 0.15) is 5.82 Å². The standard InChI is InChI=1S/C17H18FNOS/c1-3-21-16-7-5-4-6-15(16)17(20)19-12(2)13-8-10-14(18)11-9-13/h4-12H,3H2,1-2H3,(H,19,20)/t12-/m1/s1. The summed E-state index contributed by atoms with van der Waals surface area (Å²) >= 11 is 1.64. The molecule has 0 saturated heterocycles. The summed E-state index contributed by atoms with van der Waals surface area (Å²) in [4.78, 5) is 13.4. The number of amides is 1. The lowest BCUT2D eigenvalue weighted by Gasteiger charge is -2.15. The largest absolute Gasteiger partial charge is 0.345 e. The minimum absolute atomic E-state index is 0.108. The molecule has 0 heterocycles. The fourth-order valence-electron chi connectivity index (χ4n) is 2.04. The van der Waals surface area contributed by atoms with Crippen LogP contribution >= 0.6 is 11.8 Å². The van der Waals surface area contributed by atoms with Gasteiger partial charge in [0.2, 0.25) is 0 Å². The van der Waals surface area contributed by atoms with Gasteiger partial charge in [-0.05, 0) is 42.5 Å². The molecular formula is C17H18FNOS. The minimum Gasteiger partial charge on any atom is -0.345 e. The van der Waals surface area contributed by atoms with E-state index in [2.05, 4.69) is 12.2 Å². The lowest BCUT2D eigenvalue weighted by Crippen LogP contribution is -2.27. The Morgan fingerprint density at radius 3 is 2.52 bits per heavy atom. The first-order chi connectivity index (χ1) is 10.1. The van der Waals surface area contributed by atoms with Crippen molar-refractivity contribution in [2.24, 2.45) is 0 Å². The Hall–Kier alpha value is -1.81. The molecule has 21 heavy (non-hydrogen) atoms. The summed E-state index contributed by atoms with van der Waals surface area (Å²) in [6.07, 6.45) is 0. The van der Waals surface area contributed by atoms with Gasteiger partial charge in [0.05, 0.1) is 11.6 Å². The highest BCUT2D eigenvalue weighted by Gasteiger charge is 2.14. The van der Waals surface area contributed by atoms with Gasteiger partial charge >= 0.3 is 0 Å². The molecule has 1 atom stereocenters. The molecule has 1 amide bonds. The van der Waals surface area contributed by atoms with E-state index in [4.69, 9.17) is 0 Å². The van der Waals surface area contributed by atoms with E-state index in [0.29, 0.717) is 5.56 Å². The lowest BCUT2D eigenvalue weighted by atomic mass is 10.1. The molecule has 4 heteroatoms. The summed E-state index contributed by atoms with van der Waals surface area (Å²) in [5.41, 5.74) is 1.56. The van der Waals surface area contributed by atoms with E-state index in [9.17, 15) is 9.18 Å². The third-order valence-electron chi connectivity index (χ3n) is 3.15. The predicted octanol–water partition coefficient (Wildman–Crippen LogP) is 4.43. The number of rotatable bonds is 5. The van der Waals surface area contributed by atoms with Gasteiger partial charge in [-0.1, -0.05) is 31.2 Å². The quantitative estimate of drug-likeness (QED) is 0.828. The summed E-state index contributed by atoms with van der Waals surface area (Å²) < 4.78 is 12.9. The first kappa shape index (κ1) is 15.6. The number of thioether (sulfide) groups is 1. The second-order valence-corrected chi connectivity index (χ2v) is 5.98.